The largest absolute Gasteiger partial charge is 0.306 e. The number of nitrogens with one attached hydrogen (secondary N) is 2. The molecule has 2 N–H and O–H groups in total. The summed E-state index contributed by atoms with van der Waals surface area (Å²) in [6.07, 6.45) is 1.15. The van der Waals surface area contributed by atoms with Crippen molar-refractivity contribution in [1.29, 1.82) is 0 Å². The Labute approximate surface area is 139 Å². The number of sulfonamides is 1. The molecule has 0 heterocycles. The second-order valence-electron chi connectivity index (χ2n) is 6.09. The van der Waals surface area contributed by atoms with Crippen LogP contribution in [0.4, 0.5) is 5.69 Å². The van der Waals surface area contributed by atoms with E-state index in [1.165, 1.54) is 16.7 Å². The second kappa shape index (κ2) is 7.15. The molecule has 124 valence electrons. The number of hydrogen-bond acceptors (Lipinski definition) is 3. The molecule has 0 aliphatic heterocycles. The molecular formula is C18H24N2O2S. The third-order valence-electron chi connectivity index (χ3n) is 3.61. The van der Waals surface area contributed by atoms with E-state index in [-0.39, 0.29) is 6.04 Å². The lowest BCUT2D eigenvalue weighted by atomic mass is 10.1. The number of benzene rings is 2. The Kier molecular flexibility index (Phi) is 5.44. The fourth-order valence-electron chi connectivity index (χ4n) is 2.61. The zero-order valence-corrected chi connectivity index (χ0v) is 14.9. The minimum absolute atomic E-state index is 0.183. The third-order valence-corrected chi connectivity index (χ3v) is 4.21. The average Bonchev–Trinajstić information content (AvgIpc) is 2.43. The van der Waals surface area contributed by atoms with Gasteiger partial charge in [0.2, 0.25) is 10.0 Å². The molecule has 0 aliphatic carbocycles. The third kappa shape index (κ3) is 5.69. The standard InChI is InChI=1S/C18H24N2O2S/c1-13-9-14(2)11-16(10-13)12-19-15(3)17-5-7-18(8-6-17)20-23(4,21)22/h5-11,15,19-20H,12H2,1-4H3/t15-/m1/s1. The van der Waals surface area contributed by atoms with E-state index in [9.17, 15) is 8.42 Å². The van der Waals surface area contributed by atoms with Gasteiger partial charge in [-0.3, -0.25) is 4.72 Å². The van der Waals surface area contributed by atoms with Crippen LogP contribution < -0.4 is 10.0 Å². The summed E-state index contributed by atoms with van der Waals surface area (Å²) in [5.74, 6) is 0. The van der Waals surface area contributed by atoms with Crippen LogP contribution in [0.3, 0.4) is 0 Å². The lowest BCUT2D eigenvalue weighted by molar-refractivity contribution is 0.574. The molecule has 0 bridgehead atoms. The molecule has 2 aromatic carbocycles. The van der Waals surface area contributed by atoms with Gasteiger partial charge >= 0.3 is 0 Å². The Bertz CT molecular complexity index is 748. The van der Waals surface area contributed by atoms with Crippen molar-refractivity contribution in [3.05, 3.63) is 64.7 Å². The van der Waals surface area contributed by atoms with E-state index < -0.39 is 10.0 Å². The first-order chi connectivity index (χ1) is 10.7. The molecule has 4 nitrogen and oxygen atoms in total. The van der Waals surface area contributed by atoms with Gasteiger partial charge in [-0.1, -0.05) is 41.5 Å². The van der Waals surface area contributed by atoms with E-state index in [0.29, 0.717) is 5.69 Å². The van der Waals surface area contributed by atoms with Crippen molar-refractivity contribution in [1.82, 2.24) is 5.32 Å². The Balaban J connectivity index is 1.99. The van der Waals surface area contributed by atoms with Gasteiger partial charge < -0.3 is 5.32 Å². The maximum Gasteiger partial charge on any atom is 0.229 e. The molecule has 0 amide bonds. The SMILES string of the molecule is Cc1cc(C)cc(CN[C@H](C)c2ccc(NS(C)(=O)=O)cc2)c1. The summed E-state index contributed by atoms with van der Waals surface area (Å²) in [6, 6.07) is 14.2. The van der Waals surface area contributed by atoms with E-state index in [2.05, 4.69) is 49.0 Å². The van der Waals surface area contributed by atoms with Gasteiger partial charge in [-0.2, -0.15) is 0 Å². The normalized spacial score (nSPS) is 12.9. The van der Waals surface area contributed by atoms with Crippen LogP contribution >= 0.6 is 0 Å². The highest BCUT2D eigenvalue weighted by atomic mass is 32.2. The van der Waals surface area contributed by atoms with Gasteiger partial charge in [-0.15, -0.1) is 0 Å². The van der Waals surface area contributed by atoms with Crippen molar-refractivity contribution in [3.8, 4) is 0 Å². The first kappa shape index (κ1) is 17.5. The molecule has 1 atom stereocenters. The van der Waals surface area contributed by atoms with Crippen molar-refractivity contribution >= 4 is 15.7 Å². The zero-order chi connectivity index (χ0) is 17.0. The second-order valence-corrected chi connectivity index (χ2v) is 7.84. The van der Waals surface area contributed by atoms with E-state index >= 15 is 0 Å². The highest BCUT2D eigenvalue weighted by Crippen LogP contribution is 2.18. The lowest BCUT2D eigenvalue weighted by Gasteiger charge is -2.15. The summed E-state index contributed by atoms with van der Waals surface area (Å²) in [4.78, 5) is 0. The first-order valence-electron chi connectivity index (χ1n) is 7.61. The maximum absolute atomic E-state index is 11.2. The Morgan fingerprint density at radius 3 is 2.09 bits per heavy atom. The van der Waals surface area contributed by atoms with Gasteiger partial charge in [0.05, 0.1) is 6.26 Å². The van der Waals surface area contributed by atoms with Crippen LogP contribution in [0.15, 0.2) is 42.5 Å². The first-order valence-corrected chi connectivity index (χ1v) is 9.50. The van der Waals surface area contributed by atoms with Crippen LogP contribution in [0.2, 0.25) is 0 Å². The quantitative estimate of drug-likeness (QED) is 0.851. The number of aryl methyl sites for hydroxylation is 2. The van der Waals surface area contributed by atoms with Crippen LogP contribution in [0, 0.1) is 13.8 Å². The zero-order valence-electron chi connectivity index (χ0n) is 14.1. The van der Waals surface area contributed by atoms with Gasteiger partial charge in [0.25, 0.3) is 0 Å². The number of hydrogen-bond donors (Lipinski definition) is 2. The molecule has 0 saturated heterocycles. The molecule has 0 aromatic heterocycles. The van der Waals surface area contributed by atoms with Gasteiger partial charge in [0, 0.05) is 18.3 Å². The Morgan fingerprint density at radius 1 is 1.00 bits per heavy atom. The minimum Gasteiger partial charge on any atom is -0.306 e. The average molecular weight is 332 g/mol. The molecule has 5 heteroatoms. The molecule has 2 rings (SSSR count). The summed E-state index contributed by atoms with van der Waals surface area (Å²) in [5, 5.41) is 3.50. The van der Waals surface area contributed by atoms with Crippen LogP contribution in [-0.4, -0.2) is 14.7 Å². The van der Waals surface area contributed by atoms with Crippen LogP contribution in [0.5, 0.6) is 0 Å². The summed E-state index contributed by atoms with van der Waals surface area (Å²) >= 11 is 0. The van der Waals surface area contributed by atoms with Crippen molar-refractivity contribution in [2.24, 2.45) is 0 Å². The summed E-state index contributed by atoms with van der Waals surface area (Å²) in [7, 11) is -3.23. The van der Waals surface area contributed by atoms with Gasteiger partial charge in [-0.05, 0) is 44.0 Å². The smallest absolute Gasteiger partial charge is 0.229 e. The van der Waals surface area contributed by atoms with Crippen LogP contribution in [-0.2, 0) is 16.6 Å². The molecule has 0 saturated carbocycles. The molecule has 0 spiro atoms. The van der Waals surface area contributed by atoms with Crippen molar-refractivity contribution in [2.45, 2.75) is 33.4 Å². The lowest BCUT2D eigenvalue weighted by Crippen LogP contribution is -2.18. The molecule has 0 aliphatic rings. The van der Waals surface area contributed by atoms with Crippen molar-refractivity contribution in [2.75, 3.05) is 11.0 Å². The molecule has 0 unspecified atom stereocenters. The summed E-state index contributed by atoms with van der Waals surface area (Å²) in [6.45, 7) is 7.11. The fraction of sp³-hybridized carbons (Fsp3) is 0.333. The topological polar surface area (TPSA) is 58.2 Å². The van der Waals surface area contributed by atoms with E-state index in [1.54, 1.807) is 12.1 Å². The number of rotatable bonds is 6. The maximum atomic E-state index is 11.2. The van der Waals surface area contributed by atoms with Gasteiger partial charge in [0.15, 0.2) is 0 Å². The molecule has 23 heavy (non-hydrogen) atoms. The van der Waals surface area contributed by atoms with Gasteiger partial charge in [-0.25, -0.2) is 8.42 Å². The fourth-order valence-corrected chi connectivity index (χ4v) is 3.18. The molecular weight excluding hydrogens is 308 g/mol. The Morgan fingerprint density at radius 2 is 1.57 bits per heavy atom. The molecule has 0 radical (unpaired) electrons. The predicted octanol–water partition coefficient (Wildman–Crippen LogP) is 3.53. The molecule has 0 fully saturated rings. The number of anilines is 1. The van der Waals surface area contributed by atoms with E-state index in [1.807, 2.05) is 12.1 Å². The summed E-state index contributed by atoms with van der Waals surface area (Å²) in [5.41, 5.74) is 5.51. The van der Waals surface area contributed by atoms with Gasteiger partial charge in [0.1, 0.15) is 0 Å². The molecule has 2 aromatic rings. The monoisotopic (exact) mass is 332 g/mol. The van der Waals surface area contributed by atoms with Crippen LogP contribution in [0.25, 0.3) is 0 Å². The van der Waals surface area contributed by atoms with Crippen molar-refractivity contribution in [3.63, 3.8) is 0 Å². The highest BCUT2D eigenvalue weighted by Gasteiger charge is 2.07. The minimum atomic E-state index is -3.23. The predicted molar refractivity (Wildman–Crippen MR) is 96.1 cm³/mol. The van der Waals surface area contributed by atoms with E-state index in [0.717, 1.165) is 18.4 Å². The van der Waals surface area contributed by atoms with E-state index in [4.69, 9.17) is 0 Å². The highest BCUT2D eigenvalue weighted by molar-refractivity contribution is 7.92. The van der Waals surface area contributed by atoms with Crippen LogP contribution in [0.1, 0.15) is 35.2 Å². The van der Waals surface area contributed by atoms with Crippen molar-refractivity contribution < 1.29 is 8.42 Å². The Hall–Kier alpha value is -1.85. The summed E-state index contributed by atoms with van der Waals surface area (Å²) < 4.78 is 24.9.